The molecule has 2 amide bonds. The minimum absolute atomic E-state index is 0.264. The van der Waals surface area contributed by atoms with Gasteiger partial charge in [-0.05, 0) is 12.2 Å². The van der Waals surface area contributed by atoms with Crippen molar-refractivity contribution in [3.63, 3.8) is 0 Å². The molecule has 0 N–H and O–H groups in total. The predicted octanol–water partition coefficient (Wildman–Crippen LogP) is -0.348. The lowest BCUT2D eigenvalue weighted by atomic mass is 10.1. The summed E-state index contributed by atoms with van der Waals surface area (Å²) in [7, 11) is 0. The number of fused-ring (bicyclic) bond motifs is 1. The molecule has 1 atom stereocenters. The van der Waals surface area contributed by atoms with E-state index >= 15 is 0 Å². The molecule has 0 aromatic carbocycles. The number of allylic oxidation sites excluding steroid dienone is 2. The van der Waals surface area contributed by atoms with Crippen molar-refractivity contribution in [3.05, 3.63) is 24.4 Å². The van der Waals surface area contributed by atoms with Gasteiger partial charge in [0.05, 0.1) is 0 Å². The Labute approximate surface area is 79.4 Å². The first-order chi connectivity index (χ1) is 6.74. The van der Waals surface area contributed by atoms with E-state index in [1.165, 1.54) is 17.2 Å². The van der Waals surface area contributed by atoms with Crippen molar-refractivity contribution in [3.8, 4) is 0 Å². The largest absolute Gasteiger partial charge is 0.302 e. The van der Waals surface area contributed by atoms with E-state index in [0.29, 0.717) is 6.29 Å². The third kappa shape index (κ3) is 1.10. The van der Waals surface area contributed by atoms with Gasteiger partial charge in [-0.1, -0.05) is 6.08 Å². The summed E-state index contributed by atoms with van der Waals surface area (Å²) in [4.78, 5) is 38.0. The molecule has 0 bridgehead atoms. The Morgan fingerprint density at radius 2 is 2.14 bits per heavy atom. The summed E-state index contributed by atoms with van der Waals surface area (Å²) in [5.74, 6) is -2.26. The second-order valence-electron chi connectivity index (χ2n) is 2.83. The van der Waals surface area contributed by atoms with Crippen molar-refractivity contribution in [1.29, 1.82) is 0 Å². The number of rotatable bonds is 1. The molecule has 0 radical (unpaired) electrons. The zero-order valence-corrected chi connectivity index (χ0v) is 7.08. The molecule has 0 aromatic rings. The van der Waals surface area contributed by atoms with Crippen LogP contribution in [0.25, 0.3) is 0 Å². The van der Waals surface area contributed by atoms with Crippen LogP contribution in [0, 0.1) is 5.92 Å². The smallest absolute Gasteiger partial charge is 0.267 e. The molecule has 0 fully saturated rings. The second kappa shape index (κ2) is 3.02. The molecule has 0 spiro atoms. The first kappa shape index (κ1) is 8.55. The monoisotopic (exact) mass is 190 g/mol. The van der Waals surface area contributed by atoms with E-state index in [-0.39, 0.29) is 5.84 Å². The predicted molar refractivity (Wildman–Crippen MR) is 47.1 cm³/mol. The van der Waals surface area contributed by atoms with Crippen LogP contribution in [0.1, 0.15) is 0 Å². The Kier molecular flexibility index (Phi) is 1.85. The van der Waals surface area contributed by atoms with E-state index < -0.39 is 17.7 Å². The number of nitrogens with zero attached hydrogens (tertiary/aromatic N) is 2. The maximum Gasteiger partial charge on any atom is 0.267 e. The van der Waals surface area contributed by atoms with Gasteiger partial charge in [-0.15, -0.1) is 0 Å². The fourth-order valence-electron chi connectivity index (χ4n) is 1.27. The van der Waals surface area contributed by atoms with E-state index in [0.717, 1.165) is 0 Å². The molecule has 14 heavy (non-hydrogen) atoms. The first-order valence-electron chi connectivity index (χ1n) is 4.00. The summed E-state index contributed by atoms with van der Waals surface area (Å²) in [6, 6.07) is 0. The Morgan fingerprint density at radius 1 is 1.36 bits per heavy atom. The van der Waals surface area contributed by atoms with E-state index in [1.54, 1.807) is 12.2 Å². The fourth-order valence-corrected chi connectivity index (χ4v) is 1.27. The van der Waals surface area contributed by atoms with Gasteiger partial charge in [0.2, 0.25) is 0 Å². The van der Waals surface area contributed by atoms with Gasteiger partial charge in [0.1, 0.15) is 12.1 Å². The Balaban J connectivity index is 2.46. The Morgan fingerprint density at radius 3 is 2.86 bits per heavy atom. The summed E-state index contributed by atoms with van der Waals surface area (Å²) in [5.41, 5.74) is 0. The number of aldehydes is 1. The normalized spacial score (nSPS) is 24.7. The number of carbonyl (C=O) groups excluding carboxylic acids is 3. The lowest BCUT2D eigenvalue weighted by molar-refractivity contribution is -0.140. The zero-order chi connectivity index (χ0) is 10.1. The molecular formula is C9H6N2O3. The highest BCUT2D eigenvalue weighted by Gasteiger charge is 2.36. The third-order valence-electron chi connectivity index (χ3n) is 1.97. The highest BCUT2D eigenvalue weighted by molar-refractivity contribution is 6.25. The zero-order valence-electron chi connectivity index (χ0n) is 7.08. The molecule has 0 saturated heterocycles. The Bertz CT molecular complexity index is 406. The van der Waals surface area contributed by atoms with Crippen LogP contribution >= 0.6 is 0 Å². The average Bonchev–Trinajstić information content (AvgIpc) is 2.18. The fraction of sp³-hybridized carbons (Fsp3) is 0.111. The number of amidine groups is 1. The van der Waals surface area contributed by atoms with Gasteiger partial charge in [0.25, 0.3) is 11.8 Å². The van der Waals surface area contributed by atoms with Crippen LogP contribution < -0.4 is 0 Å². The van der Waals surface area contributed by atoms with Crippen molar-refractivity contribution >= 4 is 23.9 Å². The quantitative estimate of drug-likeness (QED) is 0.419. The summed E-state index contributed by atoms with van der Waals surface area (Å²) < 4.78 is 0. The maximum atomic E-state index is 11.5. The van der Waals surface area contributed by atoms with Crippen LogP contribution in [0.15, 0.2) is 29.4 Å². The standard InChI is InChI=1S/C9H6N2O3/c12-5-6-8(13)10-7-3-1-2-4-11(7)9(6)14/h1-6H/t6-/m0/s1. The third-order valence-corrected chi connectivity index (χ3v) is 1.97. The van der Waals surface area contributed by atoms with Crippen LogP contribution in [0.5, 0.6) is 0 Å². The minimum atomic E-state index is -1.28. The van der Waals surface area contributed by atoms with E-state index in [2.05, 4.69) is 4.99 Å². The average molecular weight is 190 g/mol. The maximum absolute atomic E-state index is 11.5. The van der Waals surface area contributed by atoms with Crippen molar-refractivity contribution < 1.29 is 14.4 Å². The highest BCUT2D eigenvalue weighted by atomic mass is 16.2. The van der Waals surface area contributed by atoms with Crippen LogP contribution in [0.2, 0.25) is 0 Å². The van der Waals surface area contributed by atoms with Gasteiger partial charge in [0, 0.05) is 6.20 Å². The molecule has 2 heterocycles. The highest BCUT2D eigenvalue weighted by Crippen LogP contribution is 2.15. The molecule has 0 aliphatic carbocycles. The van der Waals surface area contributed by atoms with E-state index in [4.69, 9.17) is 0 Å². The lowest BCUT2D eigenvalue weighted by Gasteiger charge is -2.25. The van der Waals surface area contributed by atoms with Gasteiger partial charge < -0.3 is 4.79 Å². The van der Waals surface area contributed by atoms with E-state index in [9.17, 15) is 14.4 Å². The van der Waals surface area contributed by atoms with Crippen molar-refractivity contribution in [2.45, 2.75) is 0 Å². The number of hydrogen-bond donors (Lipinski definition) is 0. The molecule has 0 unspecified atom stereocenters. The molecule has 0 aromatic heterocycles. The number of amides is 2. The van der Waals surface area contributed by atoms with Crippen molar-refractivity contribution in [2.24, 2.45) is 10.9 Å². The van der Waals surface area contributed by atoms with Gasteiger partial charge in [-0.25, -0.2) is 0 Å². The van der Waals surface area contributed by atoms with Crippen molar-refractivity contribution in [2.75, 3.05) is 0 Å². The number of hydrogen-bond acceptors (Lipinski definition) is 3. The topological polar surface area (TPSA) is 66.8 Å². The molecule has 2 aliphatic rings. The van der Waals surface area contributed by atoms with Gasteiger partial charge in [-0.2, -0.15) is 4.99 Å². The van der Waals surface area contributed by atoms with Crippen LogP contribution in [0.4, 0.5) is 0 Å². The van der Waals surface area contributed by atoms with Crippen molar-refractivity contribution in [1.82, 2.24) is 4.90 Å². The molecule has 5 heteroatoms. The molecule has 0 saturated carbocycles. The van der Waals surface area contributed by atoms with Crippen LogP contribution in [-0.2, 0) is 14.4 Å². The van der Waals surface area contributed by atoms with Gasteiger partial charge >= 0.3 is 0 Å². The SMILES string of the molecule is O=C[C@H]1C(=O)N=C2C=CC=CN2C1=O. The molecule has 2 aliphatic heterocycles. The summed E-state index contributed by atoms with van der Waals surface area (Å²) in [5, 5.41) is 0. The lowest BCUT2D eigenvalue weighted by Crippen LogP contribution is -2.45. The molecule has 2 rings (SSSR count). The molecule has 5 nitrogen and oxygen atoms in total. The van der Waals surface area contributed by atoms with E-state index in [1.807, 2.05) is 0 Å². The van der Waals surface area contributed by atoms with Gasteiger partial charge in [-0.3, -0.25) is 14.5 Å². The van der Waals surface area contributed by atoms with Crippen LogP contribution in [0.3, 0.4) is 0 Å². The minimum Gasteiger partial charge on any atom is -0.302 e. The molecular weight excluding hydrogens is 184 g/mol. The molecule has 70 valence electrons. The number of aliphatic imine (C=N–C) groups is 1. The first-order valence-corrected chi connectivity index (χ1v) is 4.00. The summed E-state index contributed by atoms with van der Waals surface area (Å²) in [6.45, 7) is 0. The van der Waals surface area contributed by atoms with Crippen LogP contribution in [-0.4, -0.2) is 28.8 Å². The summed E-state index contributed by atoms with van der Waals surface area (Å²) >= 11 is 0. The Hall–Kier alpha value is -2.04. The summed E-state index contributed by atoms with van der Waals surface area (Å²) in [6.07, 6.45) is 6.63. The van der Waals surface area contributed by atoms with Gasteiger partial charge in [0.15, 0.2) is 5.92 Å². The number of carbonyl (C=O) groups is 3. The second-order valence-corrected chi connectivity index (χ2v) is 2.83.